The molecule has 0 aromatic rings. The lowest BCUT2D eigenvalue weighted by Gasteiger charge is -2.15. The van der Waals surface area contributed by atoms with Crippen LogP contribution >= 0.6 is 0 Å². The lowest BCUT2D eigenvalue weighted by atomic mass is 9.99. The van der Waals surface area contributed by atoms with Crippen LogP contribution in [0, 0.1) is 5.92 Å². The molecule has 1 saturated carbocycles. The third-order valence-corrected chi connectivity index (χ3v) is 2.82. The van der Waals surface area contributed by atoms with Crippen molar-refractivity contribution in [3.63, 3.8) is 0 Å². The number of aliphatic hydroxyl groups excluding tert-OH is 4. The molecule has 0 aromatic carbocycles. The molecular weight excluding hydrogens is 178 g/mol. The van der Waals surface area contributed by atoms with Crippen LogP contribution in [0.25, 0.3) is 0 Å². The Kier molecular flexibility index (Phi) is 1.81. The van der Waals surface area contributed by atoms with E-state index in [-0.39, 0.29) is 0 Å². The van der Waals surface area contributed by atoms with Gasteiger partial charge in [0.05, 0.1) is 12.1 Å². The minimum atomic E-state index is -1.34. The Bertz CT molecular complexity index is 245. The Hall–Kier alpha value is -0.690. The van der Waals surface area contributed by atoms with Crippen LogP contribution < -0.4 is 5.32 Å². The van der Waals surface area contributed by atoms with E-state index in [2.05, 4.69) is 5.32 Å². The van der Waals surface area contributed by atoms with Gasteiger partial charge in [0.1, 0.15) is 18.3 Å². The van der Waals surface area contributed by atoms with Crippen molar-refractivity contribution < 1.29 is 25.2 Å². The molecule has 0 radical (unpaired) electrons. The molecular formula is C7H11NO5. The number of carbonyl (C=O) groups is 1. The van der Waals surface area contributed by atoms with E-state index < -0.39 is 42.3 Å². The highest BCUT2D eigenvalue weighted by molar-refractivity contribution is 5.84. The zero-order chi connectivity index (χ0) is 9.75. The first-order valence-electron chi connectivity index (χ1n) is 4.06. The monoisotopic (exact) mass is 189 g/mol. The molecule has 1 amide bonds. The van der Waals surface area contributed by atoms with Crippen LogP contribution in [-0.4, -0.2) is 56.8 Å². The lowest BCUT2D eigenvalue weighted by molar-refractivity contribution is -0.130. The van der Waals surface area contributed by atoms with Crippen molar-refractivity contribution in [2.45, 2.75) is 30.5 Å². The fraction of sp³-hybridized carbons (Fsp3) is 0.857. The smallest absolute Gasteiger partial charge is 0.249 e. The van der Waals surface area contributed by atoms with Crippen LogP contribution in [0.15, 0.2) is 0 Å². The summed E-state index contributed by atoms with van der Waals surface area (Å²) in [6.07, 6.45) is -5.10. The van der Waals surface area contributed by atoms with Gasteiger partial charge >= 0.3 is 0 Å². The second-order valence-electron chi connectivity index (χ2n) is 3.53. The number of hydrogen-bond acceptors (Lipinski definition) is 5. The molecule has 1 aliphatic carbocycles. The van der Waals surface area contributed by atoms with Crippen molar-refractivity contribution in [3.8, 4) is 0 Å². The van der Waals surface area contributed by atoms with E-state index in [1.165, 1.54) is 0 Å². The highest BCUT2D eigenvalue weighted by Gasteiger charge is 2.57. The summed E-state index contributed by atoms with van der Waals surface area (Å²) >= 11 is 0. The minimum Gasteiger partial charge on any atom is -0.390 e. The maximum atomic E-state index is 10.9. The quantitative estimate of drug-likeness (QED) is 0.272. The number of aliphatic hydroxyl groups is 4. The highest BCUT2D eigenvalue weighted by Crippen LogP contribution is 2.33. The summed E-state index contributed by atoms with van der Waals surface area (Å²) in [7, 11) is 0. The van der Waals surface area contributed by atoms with Gasteiger partial charge in [-0.3, -0.25) is 4.79 Å². The molecule has 6 nitrogen and oxygen atoms in total. The maximum absolute atomic E-state index is 10.9. The molecule has 0 spiro atoms. The van der Waals surface area contributed by atoms with E-state index in [0.717, 1.165) is 0 Å². The van der Waals surface area contributed by atoms with Gasteiger partial charge in [0.25, 0.3) is 0 Å². The minimum absolute atomic E-state index is 0.611. The normalized spacial score (nSPS) is 54.9. The molecule has 1 saturated heterocycles. The third-order valence-electron chi connectivity index (χ3n) is 2.82. The van der Waals surface area contributed by atoms with Gasteiger partial charge in [0, 0.05) is 5.92 Å². The van der Waals surface area contributed by atoms with Gasteiger partial charge in [0.15, 0.2) is 0 Å². The van der Waals surface area contributed by atoms with E-state index in [4.69, 9.17) is 0 Å². The molecule has 2 aliphatic rings. The van der Waals surface area contributed by atoms with Gasteiger partial charge in [-0.1, -0.05) is 0 Å². The largest absolute Gasteiger partial charge is 0.390 e. The lowest BCUT2D eigenvalue weighted by Crippen LogP contribution is -2.41. The molecule has 74 valence electrons. The number of hydrogen-bond donors (Lipinski definition) is 5. The summed E-state index contributed by atoms with van der Waals surface area (Å²) < 4.78 is 0. The Balaban J connectivity index is 2.27. The fourth-order valence-corrected chi connectivity index (χ4v) is 2.07. The van der Waals surface area contributed by atoms with E-state index >= 15 is 0 Å². The summed E-state index contributed by atoms with van der Waals surface area (Å²) in [6, 6.07) is -0.743. The number of fused-ring (bicyclic) bond motifs is 1. The number of rotatable bonds is 0. The van der Waals surface area contributed by atoms with Crippen molar-refractivity contribution in [2.24, 2.45) is 5.92 Å². The van der Waals surface area contributed by atoms with Crippen molar-refractivity contribution in [1.29, 1.82) is 0 Å². The molecule has 2 rings (SSSR count). The first-order valence-corrected chi connectivity index (χ1v) is 4.06. The van der Waals surface area contributed by atoms with Crippen LogP contribution in [0.1, 0.15) is 0 Å². The standard InChI is InChI=1S/C7H11NO5/c9-3-1-2(5(11)6(3)12)8-7(13)4(1)10/h1-6,9-12H,(H,8,13)/t1-,2+,3-,4+,5+,6+/m1/s1. The Labute approximate surface area is 73.8 Å². The van der Waals surface area contributed by atoms with E-state index in [1.807, 2.05) is 0 Å². The summed E-state index contributed by atoms with van der Waals surface area (Å²) in [5.74, 6) is -1.42. The maximum Gasteiger partial charge on any atom is 0.249 e. The predicted octanol–water partition coefficient (Wildman–Crippen LogP) is -3.44. The van der Waals surface area contributed by atoms with Gasteiger partial charge in [-0.2, -0.15) is 0 Å². The van der Waals surface area contributed by atoms with Crippen LogP contribution in [-0.2, 0) is 4.79 Å². The molecule has 1 heterocycles. The third kappa shape index (κ3) is 1.000. The molecule has 6 atom stereocenters. The average Bonchev–Trinajstić information content (AvgIpc) is 2.48. The zero-order valence-electron chi connectivity index (χ0n) is 6.66. The van der Waals surface area contributed by atoms with Gasteiger partial charge < -0.3 is 25.7 Å². The average molecular weight is 189 g/mol. The van der Waals surface area contributed by atoms with Crippen molar-refractivity contribution in [1.82, 2.24) is 5.32 Å². The van der Waals surface area contributed by atoms with Crippen molar-refractivity contribution in [2.75, 3.05) is 0 Å². The summed E-state index contributed by atoms with van der Waals surface area (Å²) in [6.45, 7) is 0. The molecule has 6 heteroatoms. The molecule has 1 aliphatic heterocycles. The predicted molar refractivity (Wildman–Crippen MR) is 39.4 cm³/mol. The number of amides is 1. The highest BCUT2D eigenvalue weighted by atomic mass is 16.4. The topological polar surface area (TPSA) is 110 Å². The van der Waals surface area contributed by atoms with Crippen LogP contribution in [0.3, 0.4) is 0 Å². The fourth-order valence-electron chi connectivity index (χ4n) is 2.07. The molecule has 0 aromatic heterocycles. The van der Waals surface area contributed by atoms with Crippen molar-refractivity contribution >= 4 is 5.91 Å². The Morgan fingerprint density at radius 3 is 2.15 bits per heavy atom. The summed E-state index contributed by atoms with van der Waals surface area (Å²) in [5.41, 5.74) is 0. The molecule has 0 bridgehead atoms. The second-order valence-corrected chi connectivity index (χ2v) is 3.53. The van der Waals surface area contributed by atoms with Crippen LogP contribution in [0.5, 0.6) is 0 Å². The number of carbonyl (C=O) groups excluding carboxylic acids is 1. The first kappa shape index (κ1) is 8.89. The van der Waals surface area contributed by atoms with Gasteiger partial charge in [-0.25, -0.2) is 0 Å². The van der Waals surface area contributed by atoms with Gasteiger partial charge in [-0.15, -0.1) is 0 Å². The molecule has 0 unspecified atom stereocenters. The molecule has 5 N–H and O–H groups in total. The number of nitrogens with one attached hydrogen (secondary N) is 1. The summed E-state index contributed by atoms with van der Waals surface area (Å²) in [5, 5.41) is 39.5. The SMILES string of the molecule is O=C1N[C@@H]2[C@H](O)[C@@H](O)[C@H](O)[C@@H]2[C@@H]1O. The van der Waals surface area contributed by atoms with E-state index in [9.17, 15) is 25.2 Å². The van der Waals surface area contributed by atoms with Crippen LogP contribution in [0.2, 0.25) is 0 Å². The van der Waals surface area contributed by atoms with Crippen LogP contribution in [0.4, 0.5) is 0 Å². The van der Waals surface area contributed by atoms with Gasteiger partial charge in [-0.05, 0) is 0 Å². The van der Waals surface area contributed by atoms with E-state index in [0.29, 0.717) is 0 Å². The second kappa shape index (κ2) is 2.65. The van der Waals surface area contributed by atoms with Crippen molar-refractivity contribution in [3.05, 3.63) is 0 Å². The first-order chi connectivity index (χ1) is 6.04. The Morgan fingerprint density at radius 2 is 1.62 bits per heavy atom. The Morgan fingerprint density at radius 1 is 1.00 bits per heavy atom. The zero-order valence-corrected chi connectivity index (χ0v) is 6.66. The summed E-state index contributed by atoms with van der Waals surface area (Å²) in [4.78, 5) is 10.9. The molecule has 13 heavy (non-hydrogen) atoms. The molecule has 2 fully saturated rings. The van der Waals surface area contributed by atoms with E-state index in [1.54, 1.807) is 0 Å². The van der Waals surface area contributed by atoms with Gasteiger partial charge in [0.2, 0.25) is 5.91 Å².